The van der Waals surface area contributed by atoms with E-state index in [0.29, 0.717) is 5.69 Å². The molecule has 0 saturated heterocycles. The minimum Gasteiger partial charge on any atom is -0.480 e. The zero-order valence-corrected chi connectivity index (χ0v) is 12.0. The van der Waals surface area contributed by atoms with Crippen LogP contribution in [0, 0.1) is 0 Å². The molecule has 2 rings (SSSR count). The lowest BCUT2D eigenvalue weighted by Crippen LogP contribution is -2.54. The molecule has 1 aromatic heterocycles. The molecule has 106 valence electrons. The van der Waals surface area contributed by atoms with Gasteiger partial charge in [-0.15, -0.1) is 11.3 Å². The van der Waals surface area contributed by atoms with Crippen LogP contribution in [-0.2, 0) is 4.79 Å². The molecule has 1 unspecified atom stereocenters. The van der Waals surface area contributed by atoms with Gasteiger partial charge >= 0.3 is 5.97 Å². The summed E-state index contributed by atoms with van der Waals surface area (Å²) in [5.41, 5.74) is 6.15. The number of hydrogen-bond donors (Lipinski definition) is 3. The number of anilines is 1. The second kappa shape index (κ2) is 5.44. The number of aromatic nitrogens is 1. The maximum absolute atomic E-state index is 10.8. The molecule has 0 radical (unpaired) electrons. The summed E-state index contributed by atoms with van der Waals surface area (Å²) in [6.45, 7) is 0.829. The predicted molar refractivity (Wildman–Crippen MR) is 75.4 cm³/mol. The van der Waals surface area contributed by atoms with E-state index in [1.807, 2.05) is 0 Å². The van der Waals surface area contributed by atoms with E-state index < -0.39 is 12.0 Å². The first kappa shape index (κ1) is 14.2. The van der Waals surface area contributed by atoms with Crippen molar-refractivity contribution < 1.29 is 9.90 Å². The van der Waals surface area contributed by atoms with Gasteiger partial charge < -0.3 is 21.1 Å². The zero-order chi connectivity index (χ0) is 14.0. The molecule has 1 aromatic rings. The molecule has 1 saturated carbocycles. The number of thiazole rings is 1. The van der Waals surface area contributed by atoms with E-state index in [-0.39, 0.29) is 5.54 Å². The highest BCUT2D eigenvalue weighted by Crippen LogP contribution is 2.36. The van der Waals surface area contributed by atoms with Crippen LogP contribution in [0.2, 0.25) is 0 Å². The molecule has 0 amide bonds. The molecule has 1 heterocycles. The standard InChI is InChI=1S/C12H20N4O2S/c1-16(2)12(4-3-5-12)7-14-11-15-8(6-19-11)9(13)10(17)18/h6,9H,3-5,7,13H2,1-2H3,(H,14,15)(H,17,18). The lowest BCUT2D eigenvalue weighted by Gasteiger charge is -2.47. The van der Waals surface area contributed by atoms with Crippen molar-refractivity contribution >= 4 is 22.4 Å². The molecular weight excluding hydrogens is 264 g/mol. The smallest absolute Gasteiger partial charge is 0.326 e. The van der Waals surface area contributed by atoms with Gasteiger partial charge in [0.15, 0.2) is 5.13 Å². The van der Waals surface area contributed by atoms with Crippen LogP contribution < -0.4 is 11.1 Å². The van der Waals surface area contributed by atoms with Crippen molar-refractivity contribution in [2.75, 3.05) is 26.0 Å². The van der Waals surface area contributed by atoms with Gasteiger partial charge in [-0.3, -0.25) is 4.79 Å². The van der Waals surface area contributed by atoms with Crippen LogP contribution >= 0.6 is 11.3 Å². The average molecular weight is 284 g/mol. The van der Waals surface area contributed by atoms with Crippen LogP contribution in [-0.4, -0.2) is 47.1 Å². The molecule has 1 aliphatic carbocycles. The summed E-state index contributed by atoms with van der Waals surface area (Å²) in [5, 5.41) is 14.6. The maximum atomic E-state index is 10.8. The van der Waals surface area contributed by atoms with Gasteiger partial charge in [0.1, 0.15) is 6.04 Å². The summed E-state index contributed by atoms with van der Waals surface area (Å²) in [7, 11) is 4.18. The fourth-order valence-electron chi connectivity index (χ4n) is 2.24. The van der Waals surface area contributed by atoms with Crippen molar-refractivity contribution in [2.45, 2.75) is 30.8 Å². The second-order valence-electron chi connectivity index (χ2n) is 5.22. The molecule has 0 bridgehead atoms. The molecular formula is C12H20N4O2S. The third kappa shape index (κ3) is 2.88. The van der Waals surface area contributed by atoms with Crippen LogP contribution in [0.3, 0.4) is 0 Å². The fraction of sp³-hybridized carbons (Fsp3) is 0.667. The summed E-state index contributed by atoms with van der Waals surface area (Å²) in [4.78, 5) is 17.3. The molecule has 4 N–H and O–H groups in total. The van der Waals surface area contributed by atoms with Gasteiger partial charge in [-0.25, -0.2) is 4.98 Å². The molecule has 7 heteroatoms. The summed E-state index contributed by atoms with van der Waals surface area (Å²) >= 11 is 1.40. The Kier molecular flexibility index (Phi) is 4.07. The number of aliphatic carboxylic acids is 1. The normalized spacial score (nSPS) is 18.9. The minimum absolute atomic E-state index is 0.209. The highest BCUT2D eigenvalue weighted by molar-refractivity contribution is 7.13. The number of carboxylic acid groups (broad SMARTS) is 1. The Balaban J connectivity index is 1.95. The van der Waals surface area contributed by atoms with Crippen molar-refractivity contribution in [3.63, 3.8) is 0 Å². The molecule has 0 aromatic carbocycles. The third-order valence-corrected chi connectivity index (χ3v) is 4.73. The highest BCUT2D eigenvalue weighted by atomic mass is 32.1. The zero-order valence-electron chi connectivity index (χ0n) is 11.2. The summed E-state index contributed by atoms with van der Waals surface area (Å²) < 4.78 is 0. The van der Waals surface area contributed by atoms with Crippen molar-refractivity contribution in [3.05, 3.63) is 11.1 Å². The lowest BCUT2D eigenvalue weighted by molar-refractivity contribution is -0.138. The van der Waals surface area contributed by atoms with Crippen LogP contribution in [0.4, 0.5) is 5.13 Å². The first-order chi connectivity index (χ1) is 8.94. The van der Waals surface area contributed by atoms with Crippen molar-refractivity contribution in [1.29, 1.82) is 0 Å². The Labute approximate surface area is 116 Å². The molecule has 0 spiro atoms. The Morgan fingerprint density at radius 2 is 2.37 bits per heavy atom. The molecule has 1 aliphatic rings. The number of nitrogens with one attached hydrogen (secondary N) is 1. The number of rotatable bonds is 6. The van der Waals surface area contributed by atoms with Crippen LogP contribution in [0.1, 0.15) is 31.0 Å². The highest BCUT2D eigenvalue weighted by Gasteiger charge is 2.38. The van der Waals surface area contributed by atoms with Crippen molar-refractivity contribution in [1.82, 2.24) is 9.88 Å². The van der Waals surface area contributed by atoms with E-state index in [1.54, 1.807) is 5.38 Å². The number of carbonyl (C=O) groups is 1. The SMILES string of the molecule is CN(C)C1(CNc2nc(C(N)C(=O)O)cs2)CCC1. The predicted octanol–water partition coefficient (Wildman–Crippen LogP) is 1.12. The van der Waals surface area contributed by atoms with Gasteiger partial charge in [0, 0.05) is 17.5 Å². The van der Waals surface area contributed by atoms with E-state index in [4.69, 9.17) is 10.8 Å². The van der Waals surface area contributed by atoms with E-state index in [0.717, 1.165) is 11.7 Å². The van der Waals surface area contributed by atoms with Crippen LogP contribution in [0.15, 0.2) is 5.38 Å². The molecule has 0 aliphatic heterocycles. The van der Waals surface area contributed by atoms with E-state index in [9.17, 15) is 4.79 Å². The van der Waals surface area contributed by atoms with E-state index in [1.165, 1.54) is 30.6 Å². The Bertz CT molecular complexity index is 456. The summed E-state index contributed by atoms with van der Waals surface area (Å²) in [6.07, 6.45) is 3.62. The quantitative estimate of drug-likeness (QED) is 0.725. The number of likely N-dealkylation sites (N-methyl/N-ethyl adjacent to an activating group) is 1. The minimum atomic E-state index is -1.05. The van der Waals surface area contributed by atoms with Gasteiger partial charge in [0.05, 0.1) is 5.69 Å². The van der Waals surface area contributed by atoms with Gasteiger partial charge in [0.2, 0.25) is 0 Å². The first-order valence-corrected chi connectivity index (χ1v) is 7.18. The number of carboxylic acids is 1. The van der Waals surface area contributed by atoms with E-state index in [2.05, 4.69) is 29.3 Å². The van der Waals surface area contributed by atoms with Crippen molar-refractivity contribution in [3.8, 4) is 0 Å². The Morgan fingerprint density at radius 1 is 1.68 bits per heavy atom. The maximum Gasteiger partial charge on any atom is 0.326 e. The Hall–Kier alpha value is -1.18. The van der Waals surface area contributed by atoms with Gasteiger partial charge in [0.25, 0.3) is 0 Å². The Morgan fingerprint density at radius 3 is 2.84 bits per heavy atom. The molecule has 19 heavy (non-hydrogen) atoms. The monoisotopic (exact) mass is 284 g/mol. The lowest BCUT2D eigenvalue weighted by atomic mass is 9.75. The molecule has 1 atom stereocenters. The number of hydrogen-bond acceptors (Lipinski definition) is 6. The first-order valence-electron chi connectivity index (χ1n) is 6.30. The van der Waals surface area contributed by atoms with Crippen LogP contribution in [0.5, 0.6) is 0 Å². The average Bonchev–Trinajstić information content (AvgIpc) is 2.74. The molecule has 6 nitrogen and oxygen atoms in total. The number of nitrogens with zero attached hydrogens (tertiary/aromatic N) is 2. The fourth-order valence-corrected chi connectivity index (χ4v) is 2.99. The third-order valence-electron chi connectivity index (χ3n) is 3.91. The van der Waals surface area contributed by atoms with E-state index >= 15 is 0 Å². The number of nitrogens with two attached hydrogens (primary N) is 1. The summed E-state index contributed by atoms with van der Waals surface area (Å²) in [5.74, 6) is -1.05. The summed E-state index contributed by atoms with van der Waals surface area (Å²) in [6, 6.07) is -1.04. The van der Waals surface area contributed by atoms with Gasteiger partial charge in [-0.2, -0.15) is 0 Å². The van der Waals surface area contributed by atoms with Gasteiger partial charge in [-0.05, 0) is 33.4 Å². The topological polar surface area (TPSA) is 91.5 Å². The largest absolute Gasteiger partial charge is 0.480 e. The van der Waals surface area contributed by atoms with Crippen LogP contribution in [0.25, 0.3) is 0 Å². The second-order valence-corrected chi connectivity index (χ2v) is 6.08. The molecule has 1 fully saturated rings. The van der Waals surface area contributed by atoms with Gasteiger partial charge in [-0.1, -0.05) is 0 Å². The van der Waals surface area contributed by atoms with Crippen molar-refractivity contribution in [2.24, 2.45) is 5.73 Å².